The van der Waals surface area contributed by atoms with Crippen LogP contribution in [0.3, 0.4) is 0 Å². The monoisotopic (exact) mass is 472 g/mol. The van der Waals surface area contributed by atoms with Crippen LogP contribution in [0.1, 0.15) is 16.9 Å². The molecule has 3 N–H and O–H groups in total. The molecule has 2 aromatic carbocycles. The van der Waals surface area contributed by atoms with Crippen molar-refractivity contribution in [3.05, 3.63) is 90.4 Å². The zero-order valence-corrected chi connectivity index (χ0v) is 18.5. The van der Waals surface area contributed by atoms with Crippen molar-refractivity contribution in [3.63, 3.8) is 0 Å². The van der Waals surface area contributed by atoms with E-state index >= 15 is 0 Å². The number of carboxylic acid groups (broad SMARTS) is 1. The Morgan fingerprint density at radius 1 is 1.06 bits per heavy atom. The average Bonchev–Trinajstić information content (AvgIpc) is 3.27. The molecule has 0 bridgehead atoms. The Balaban J connectivity index is 1.47. The third kappa shape index (κ3) is 4.12. The number of halogens is 1. The number of nitrogens with two attached hydrogens (primary N) is 1. The van der Waals surface area contributed by atoms with Crippen molar-refractivity contribution in [1.29, 1.82) is 0 Å². The van der Waals surface area contributed by atoms with Crippen LogP contribution in [0.4, 0.5) is 10.2 Å². The first-order valence-electron chi connectivity index (χ1n) is 10.9. The molecule has 0 spiro atoms. The van der Waals surface area contributed by atoms with Crippen molar-refractivity contribution in [2.45, 2.75) is 12.5 Å². The van der Waals surface area contributed by atoms with E-state index in [1.807, 2.05) is 11.0 Å². The molecule has 2 aliphatic rings. The van der Waals surface area contributed by atoms with Gasteiger partial charge in [-0.15, -0.1) is 0 Å². The molecular formula is C26H21FN4O4. The number of carbonyl (C=O) groups is 2. The number of anilines is 1. The Kier molecular flexibility index (Phi) is 5.52. The van der Waals surface area contributed by atoms with Crippen LogP contribution >= 0.6 is 0 Å². The highest BCUT2D eigenvalue weighted by atomic mass is 19.1. The number of allylic oxidation sites excluding steroid dienone is 2. The molecule has 3 aromatic rings. The van der Waals surface area contributed by atoms with Gasteiger partial charge in [-0.25, -0.2) is 14.4 Å². The predicted octanol–water partition coefficient (Wildman–Crippen LogP) is 3.95. The minimum atomic E-state index is -1.06. The number of ether oxygens (including phenoxy) is 1. The van der Waals surface area contributed by atoms with Gasteiger partial charge in [0.05, 0.1) is 6.04 Å². The van der Waals surface area contributed by atoms with Crippen LogP contribution in [0, 0.1) is 11.2 Å². The summed E-state index contributed by atoms with van der Waals surface area (Å²) in [5.74, 6) is -0.277. The number of carboxylic acids is 1. The van der Waals surface area contributed by atoms with E-state index in [1.165, 1.54) is 30.3 Å². The summed E-state index contributed by atoms with van der Waals surface area (Å²) < 4.78 is 18.8. The number of aromatic nitrogens is 2. The third-order valence-corrected chi connectivity index (χ3v) is 6.25. The lowest BCUT2D eigenvalue weighted by molar-refractivity contribution is -0.145. The molecule has 0 radical (unpaired) electrons. The van der Waals surface area contributed by atoms with Crippen molar-refractivity contribution in [2.75, 3.05) is 11.4 Å². The van der Waals surface area contributed by atoms with Gasteiger partial charge in [0.1, 0.15) is 34.2 Å². The Morgan fingerprint density at radius 2 is 1.74 bits per heavy atom. The first kappa shape index (κ1) is 22.3. The molecule has 8 nitrogen and oxygen atoms in total. The summed E-state index contributed by atoms with van der Waals surface area (Å²) >= 11 is 0. The highest BCUT2D eigenvalue weighted by Gasteiger charge is 2.51. The smallest absolute Gasteiger partial charge is 0.316 e. The maximum atomic E-state index is 13.1. The Morgan fingerprint density at radius 3 is 2.40 bits per heavy atom. The highest BCUT2D eigenvalue weighted by molar-refractivity contribution is 5.92. The fraction of sp³-hybridized carbons (Fsp3) is 0.154. The minimum absolute atomic E-state index is 0.0276. The molecule has 1 aliphatic carbocycles. The lowest BCUT2D eigenvalue weighted by Gasteiger charge is -2.33. The quantitative estimate of drug-likeness (QED) is 0.558. The standard InChI is InChI=1S/C26H21FN4O4/c27-17-6-10-19(11-7-17)35-18-8-4-16(5-9-18)24-29-20(23(28)32)15-22(30-24)31-14-13-26(25(33)34)12-2-1-3-21(26)31/h1-12,15,21H,13-14H2,(H2,28,32)(H,33,34). The zero-order valence-electron chi connectivity index (χ0n) is 18.5. The fourth-order valence-electron chi connectivity index (χ4n) is 4.43. The third-order valence-electron chi connectivity index (χ3n) is 6.25. The predicted molar refractivity (Wildman–Crippen MR) is 127 cm³/mol. The largest absolute Gasteiger partial charge is 0.481 e. The van der Waals surface area contributed by atoms with Gasteiger partial charge >= 0.3 is 5.97 Å². The van der Waals surface area contributed by atoms with Crippen LogP contribution in [0.5, 0.6) is 11.5 Å². The first-order valence-corrected chi connectivity index (χ1v) is 10.9. The number of hydrogen-bond donors (Lipinski definition) is 2. The van der Waals surface area contributed by atoms with Gasteiger partial charge in [0, 0.05) is 18.2 Å². The van der Waals surface area contributed by atoms with Gasteiger partial charge in [0.2, 0.25) is 0 Å². The molecular weight excluding hydrogens is 451 g/mol. The summed E-state index contributed by atoms with van der Waals surface area (Å²) in [6.07, 6.45) is 7.48. The van der Waals surface area contributed by atoms with E-state index in [0.29, 0.717) is 35.8 Å². The topological polar surface area (TPSA) is 119 Å². The van der Waals surface area contributed by atoms with Crippen molar-refractivity contribution in [1.82, 2.24) is 9.97 Å². The lowest BCUT2D eigenvalue weighted by Crippen LogP contribution is -2.43. The SMILES string of the molecule is NC(=O)c1cc(N2CCC3(C(=O)O)C=CC=CC23)nc(-c2ccc(Oc3ccc(F)cc3)cc2)n1. The number of amides is 1. The second-order valence-corrected chi connectivity index (χ2v) is 8.36. The number of hydrogen-bond acceptors (Lipinski definition) is 6. The molecule has 1 fully saturated rings. The zero-order chi connectivity index (χ0) is 24.6. The van der Waals surface area contributed by atoms with E-state index in [4.69, 9.17) is 10.5 Å². The molecule has 35 heavy (non-hydrogen) atoms. The van der Waals surface area contributed by atoms with Gasteiger partial charge in [0.25, 0.3) is 5.91 Å². The van der Waals surface area contributed by atoms with Crippen LogP contribution in [0.15, 0.2) is 78.9 Å². The number of aliphatic carboxylic acids is 1. The normalized spacial score (nSPS) is 20.5. The minimum Gasteiger partial charge on any atom is -0.481 e. The van der Waals surface area contributed by atoms with E-state index in [-0.39, 0.29) is 17.3 Å². The Hall–Kier alpha value is -4.53. The number of rotatable bonds is 6. The molecule has 1 aromatic heterocycles. The maximum Gasteiger partial charge on any atom is 0.316 e. The summed E-state index contributed by atoms with van der Waals surface area (Å²) in [4.78, 5) is 35.0. The fourth-order valence-corrected chi connectivity index (χ4v) is 4.43. The van der Waals surface area contributed by atoms with Gasteiger partial charge in [-0.3, -0.25) is 9.59 Å². The lowest BCUT2D eigenvalue weighted by atomic mass is 9.77. The second-order valence-electron chi connectivity index (χ2n) is 8.36. The number of primary amides is 1. The first-order chi connectivity index (χ1) is 16.9. The van der Waals surface area contributed by atoms with E-state index in [0.717, 1.165) is 0 Å². The van der Waals surface area contributed by atoms with Crippen molar-refractivity contribution < 1.29 is 23.8 Å². The van der Waals surface area contributed by atoms with E-state index < -0.39 is 23.3 Å². The molecule has 2 atom stereocenters. The average molecular weight is 472 g/mol. The highest BCUT2D eigenvalue weighted by Crippen LogP contribution is 2.43. The van der Waals surface area contributed by atoms with Crippen LogP contribution in [0.25, 0.3) is 11.4 Å². The molecule has 0 saturated carbocycles. The van der Waals surface area contributed by atoms with E-state index in [1.54, 1.807) is 42.5 Å². The molecule has 9 heteroatoms. The summed E-state index contributed by atoms with van der Waals surface area (Å²) in [6.45, 7) is 0.435. The number of nitrogens with zero attached hydrogens (tertiary/aromatic N) is 3. The van der Waals surface area contributed by atoms with Crippen LogP contribution < -0.4 is 15.4 Å². The van der Waals surface area contributed by atoms with Crippen molar-refractivity contribution in [2.24, 2.45) is 11.1 Å². The number of carbonyl (C=O) groups excluding carboxylic acids is 1. The van der Waals surface area contributed by atoms with Gasteiger partial charge in [-0.05, 0) is 55.0 Å². The van der Waals surface area contributed by atoms with Gasteiger partial charge in [-0.2, -0.15) is 0 Å². The van der Waals surface area contributed by atoms with Crippen LogP contribution in [-0.2, 0) is 4.79 Å². The van der Waals surface area contributed by atoms with Crippen molar-refractivity contribution in [3.8, 4) is 22.9 Å². The Bertz CT molecular complexity index is 1350. The van der Waals surface area contributed by atoms with Crippen LogP contribution in [0.2, 0.25) is 0 Å². The van der Waals surface area contributed by atoms with E-state index in [2.05, 4.69) is 9.97 Å². The molecule has 176 valence electrons. The second kappa shape index (κ2) is 8.68. The Labute approximate surface area is 200 Å². The summed E-state index contributed by atoms with van der Waals surface area (Å²) in [5, 5.41) is 9.94. The summed E-state index contributed by atoms with van der Waals surface area (Å²) in [7, 11) is 0. The van der Waals surface area contributed by atoms with Gasteiger partial charge in [0.15, 0.2) is 5.82 Å². The molecule has 1 amide bonds. The summed E-state index contributed by atoms with van der Waals surface area (Å²) in [6, 6.07) is 13.6. The molecule has 1 saturated heterocycles. The van der Waals surface area contributed by atoms with Gasteiger partial charge < -0.3 is 20.5 Å². The molecule has 5 rings (SSSR count). The maximum absolute atomic E-state index is 13.1. The number of fused-ring (bicyclic) bond motifs is 1. The van der Waals surface area contributed by atoms with Crippen LogP contribution in [-0.4, -0.2) is 39.5 Å². The molecule has 2 unspecified atom stereocenters. The van der Waals surface area contributed by atoms with E-state index in [9.17, 15) is 19.1 Å². The summed E-state index contributed by atoms with van der Waals surface area (Å²) in [5.41, 5.74) is 5.12. The van der Waals surface area contributed by atoms with Gasteiger partial charge in [-0.1, -0.05) is 24.3 Å². The molecule has 2 heterocycles. The van der Waals surface area contributed by atoms with Crippen molar-refractivity contribution >= 4 is 17.7 Å². The number of benzene rings is 2. The molecule has 1 aliphatic heterocycles.